The molecule has 1 aromatic carbocycles. The predicted molar refractivity (Wildman–Crippen MR) is 62.2 cm³/mol. The van der Waals surface area contributed by atoms with E-state index < -0.39 is 6.10 Å². The van der Waals surface area contributed by atoms with E-state index in [-0.39, 0.29) is 5.82 Å². The van der Waals surface area contributed by atoms with Crippen LogP contribution in [0.15, 0.2) is 34.6 Å². The lowest BCUT2D eigenvalue weighted by molar-refractivity contribution is 0.195. The third-order valence-corrected chi connectivity index (χ3v) is 3.50. The molecule has 90 valence electrons. The number of halogens is 1. The standard InChI is InChI=1S/C11H12FN3OS/c1-7(16)8-4-3-5-9(12)10(8)17-11-14-13-6-15(11)2/h3-7,16H,1-2H3/t7-/m0/s1. The molecule has 6 heteroatoms. The van der Waals surface area contributed by atoms with E-state index in [4.69, 9.17) is 0 Å². The first kappa shape index (κ1) is 12.1. The van der Waals surface area contributed by atoms with E-state index in [2.05, 4.69) is 10.2 Å². The molecule has 0 aliphatic heterocycles. The van der Waals surface area contributed by atoms with Gasteiger partial charge in [0, 0.05) is 7.05 Å². The second-order valence-corrected chi connectivity index (χ2v) is 4.64. The van der Waals surface area contributed by atoms with E-state index in [1.54, 1.807) is 37.0 Å². The normalized spacial score (nSPS) is 12.7. The first-order chi connectivity index (χ1) is 8.09. The summed E-state index contributed by atoms with van der Waals surface area (Å²) in [6.45, 7) is 1.61. The van der Waals surface area contributed by atoms with Gasteiger partial charge in [0.25, 0.3) is 0 Å². The number of rotatable bonds is 3. The zero-order chi connectivity index (χ0) is 12.4. The lowest BCUT2D eigenvalue weighted by Gasteiger charge is -2.11. The van der Waals surface area contributed by atoms with Gasteiger partial charge < -0.3 is 9.67 Å². The van der Waals surface area contributed by atoms with Gasteiger partial charge in [-0.25, -0.2) is 4.39 Å². The highest BCUT2D eigenvalue weighted by atomic mass is 32.2. The third-order valence-electron chi connectivity index (χ3n) is 2.31. The van der Waals surface area contributed by atoms with Crippen molar-refractivity contribution in [2.24, 2.45) is 7.05 Å². The van der Waals surface area contributed by atoms with Gasteiger partial charge in [-0.2, -0.15) is 0 Å². The third kappa shape index (κ3) is 2.48. The molecule has 0 fully saturated rings. The highest BCUT2D eigenvalue weighted by molar-refractivity contribution is 7.99. The average Bonchev–Trinajstić information content (AvgIpc) is 2.67. The van der Waals surface area contributed by atoms with E-state index in [9.17, 15) is 9.50 Å². The first-order valence-corrected chi connectivity index (χ1v) is 5.89. The van der Waals surface area contributed by atoms with Gasteiger partial charge in [-0.05, 0) is 30.3 Å². The lowest BCUT2D eigenvalue weighted by Crippen LogP contribution is -1.98. The van der Waals surface area contributed by atoms with Crippen LogP contribution in [0.2, 0.25) is 0 Å². The minimum atomic E-state index is -0.721. The molecule has 0 aliphatic rings. The molecule has 0 saturated carbocycles. The highest BCUT2D eigenvalue weighted by Crippen LogP contribution is 2.33. The van der Waals surface area contributed by atoms with Crippen LogP contribution in [0.4, 0.5) is 4.39 Å². The molecular formula is C11H12FN3OS. The molecule has 0 bridgehead atoms. The van der Waals surface area contributed by atoms with Gasteiger partial charge in [-0.1, -0.05) is 12.1 Å². The molecule has 1 aromatic heterocycles. The Kier molecular flexibility index (Phi) is 3.44. The zero-order valence-corrected chi connectivity index (χ0v) is 10.3. The minimum Gasteiger partial charge on any atom is -0.389 e. The molecule has 4 nitrogen and oxygen atoms in total. The molecule has 1 heterocycles. The van der Waals surface area contributed by atoms with Crippen molar-refractivity contribution in [3.63, 3.8) is 0 Å². The summed E-state index contributed by atoms with van der Waals surface area (Å²) in [6, 6.07) is 4.65. The maximum atomic E-state index is 13.7. The van der Waals surface area contributed by atoms with Crippen LogP contribution in [0.3, 0.4) is 0 Å². The van der Waals surface area contributed by atoms with E-state index >= 15 is 0 Å². The van der Waals surface area contributed by atoms with Crippen molar-refractivity contribution in [3.8, 4) is 0 Å². The van der Waals surface area contributed by atoms with Crippen LogP contribution < -0.4 is 0 Å². The Labute approximate surface area is 102 Å². The fourth-order valence-corrected chi connectivity index (χ4v) is 2.40. The van der Waals surface area contributed by atoms with Crippen molar-refractivity contribution in [3.05, 3.63) is 35.9 Å². The number of nitrogens with zero attached hydrogens (tertiary/aromatic N) is 3. The van der Waals surface area contributed by atoms with Crippen molar-refractivity contribution in [2.45, 2.75) is 23.1 Å². The van der Waals surface area contributed by atoms with Crippen LogP contribution in [0.5, 0.6) is 0 Å². The van der Waals surface area contributed by atoms with Gasteiger partial charge in [0.05, 0.1) is 11.0 Å². The van der Waals surface area contributed by atoms with Crippen LogP contribution >= 0.6 is 11.8 Å². The summed E-state index contributed by atoms with van der Waals surface area (Å²) in [5.74, 6) is -0.364. The fraction of sp³-hybridized carbons (Fsp3) is 0.273. The second-order valence-electron chi connectivity index (χ2n) is 3.66. The quantitative estimate of drug-likeness (QED) is 0.910. The number of benzene rings is 1. The number of hydrogen-bond donors (Lipinski definition) is 1. The summed E-state index contributed by atoms with van der Waals surface area (Å²) >= 11 is 1.16. The smallest absolute Gasteiger partial charge is 0.195 e. The molecule has 17 heavy (non-hydrogen) atoms. The zero-order valence-electron chi connectivity index (χ0n) is 9.46. The molecule has 0 saturated heterocycles. The van der Waals surface area contributed by atoms with Gasteiger partial charge in [-0.15, -0.1) is 10.2 Å². The average molecular weight is 253 g/mol. The SMILES string of the molecule is C[C@H](O)c1cccc(F)c1Sc1nncn1C. The van der Waals surface area contributed by atoms with Gasteiger partial charge in [0.2, 0.25) is 0 Å². The van der Waals surface area contributed by atoms with E-state index in [0.717, 1.165) is 11.8 Å². The van der Waals surface area contributed by atoms with E-state index in [0.29, 0.717) is 15.6 Å². The van der Waals surface area contributed by atoms with Crippen LogP contribution in [-0.4, -0.2) is 19.9 Å². The van der Waals surface area contributed by atoms with Crippen LogP contribution in [0.25, 0.3) is 0 Å². The summed E-state index contributed by atoms with van der Waals surface area (Å²) in [4.78, 5) is 0.388. The summed E-state index contributed by atoms with van der Waals surface area (Å²) in [5, 5.41) is 17.8. The number of aliphatic hydroxyl groups excluding tert-OH is 1. The number of hydrogen-bond acceptors (Lipinski definition) is 4. The van der Waals surface area contributed by atoms with Gasteiger partial charge in [0.15, 0.2) is 5.16 Å². The van der Waals surface area contributed by atoms with E-state index in [1.165, 1.54) is 6.07 Å². The van der Waals surface area contributed by atoms with Crippen molar-refractivity contribution < 1.29 is 9.50 Å². The molecule has 2 aromatic rings. The monoisotopic (exact) mass is 253 g/mol. The van der Waals surface area contributed by atoms with Crippen molar-refractivity contribution in [1.82, 2.24) is 14.8 Å². The molecule has 1 atom stereocenters. The molecule has 0 spiro atoms. The number of aromatic nitrogens is 3. The largest absolute Gasteiger partial charge is 0.389 e. The Balaban J connectivity index is 2.41. The minimum absolute atomic E-state index is 0.364. The molecule has 0 aliphatic carbocycles. The van der Waals surface area contributed by atoms with E-state index in [1.807, 2.05) is 0 Å². The molecule has 2 rings (SSSR count). The fourth-order valence-electron chi connectivity index (χ4n) is 1.42. The van der Waals surface area contributed by atoms with Crippen LogP contribution in [-0.2, 0) is 7.05 Å². The first-order valence-electron chi connectivity index (χ1n) is 5.08. The Morgan fingerprint density at radius 2 is 2.24 bits per heavy atom. The molecule has 0 radical (unpaired) electrons. The Hall–Kier alpha value is -1.40. The van der Waals surface area contributed by atoms with Gasteiger partial charge >= 0.3 is 0 Å². The summed E-state index contributed by atoms with van der Waals surface area (Å²) < 4.78 is 15.4. The summed E-state index contributed by atoms with van der Waals surface area (Å²) in [6.07, 6.45) is 0.826. The lowest BCUT2D eigenvalue weighted by atomic mass is 10.1. The van der Waals surface area contributed by atoms with Crippen LogP contribution in [0, 0.1) is 5.82 Å². The van der Waals surface area contributed by atoms with Crippen LogP contribution in [0.1, 0.15) is 18.6 Å². The molecule has 0 amide bonds. The van der Waals surface area contributed by atoms with Crippen molar-refractivity contribution in [2.75, 3.05) is 0 Å². The maximum absolute atomic E-state index is 13.7. The molecular weight excluding hydrogens is 241 g/mol. The number of aryl methyl sites for hydroxylation is 1. The Bertz CT molecular complexity index is 527. The summed E-state index contributed by atoms with van der Waals surface area (Å²) in [7, 11) is 1.78. The van der Waals surface area contributed by atoms with Gasteiger partial charge in [-0.3, -0.25) is 0 Å². The topological polar surface area (TPSA) is 50.9 Å². The predicted octanol–water partition coefficient (Wildman–Crippen LogP) is 2.16. The van der Waals surface area contributed by atoms with Gasteiger partial charge in [0.1, 0.15) is 12.1 Å². The molecule has 0 unspecified atom stereocenters. The Morgan fingerprint density at radius 3 is 2.82 bits per heavy atom. The van der Waals surface area contributed by atoms with Crippen molar-refractivity contribution in [1.29, 1.82) is 0 Å². The molecule has 1 N–H and O–H groups in total. The summed E-state index contributed by atoms with van der Waals surface area (Å²) in [5.41, 5.74) is 0.554. The maximum Gasteiger partial charge on any atom is 0.195 e. The van der Waals surface area contributed by atoms with Crippen molar-refractivity contribution >= 4 is 11.8 Å². The number of aliphatic hydroxyl groups is 1. The highest BCUT2D eigenvalue weighted by Gasteiger charge is 2.15. The Morgan fingerprint density at radius 1 is 1.47 bits per heavy atom. The second kappa shape index (κ2) is 4.85.